The van der Waals surface area contributed by atoms with Crippen molar-refractivity contribution in [1.82, 2.24) is 4.90 Å². The number of ether oxygens (including phenoxy) is 2. The Bertz CT molecular complexity index is 655. The van der Waals surface area contributed by atoms with E-state index in [1.54, 1.807) is 12.0 Å². The normalized spacial score (nSPS) is 18.3. The molecule has 150 valence electrons. The van der Waals surface area contributed by atoms with E-state index in [-0.39, 0.29) is 12.1 Å². The van der Waals surface area contributed by atoms with Gasteiger partial charge in [0.25, 0.3) is 0 Å². The molecule has 0 saturated carbocycles. The van der Waals surface area contributed by atoms with Gasteiger partial charge in [-0.1, -0.05) is 18.2 Å². The summed E-state index contributed by atoms with van der Waals surface area (Å²) in [6, 6.07) is 7.80. The predicted octanol–water partition coefficient (Wildman–Crippen LogP) is 3.35. The summed E-state index contributed by atoms with van der Waals surface area (Å²) in [7, 11) is 1.66. The van der Waals surface area contributed by atoms with E-state index in [0.29, 0.717) is 25.7 Å². The molecule has 0 bridgehead atoms. The molecule has 0 radical (unpaired) electrons. The topological polar surface area (TPSA) is 89.2 Å². The number of hydrogen-bond acceptors (Lipinski definition) is 4. The summed E-state index contributed by atoms with van der Waals surface area (Å²) in [5.41, 5.74) is 7.44. The fraction of sp³-hybridized carbons (Fsp3) is 0.600. The quantitative estimate of drug-likeness (QED) is 0.608. The van der Waals surface area contributed by atoms with Crippen molar-refractivity contribution in [3.63, 3.8) is 0 Å². The SMILES string of the molecule is COCc1ccccc1NC(N)=NCC1CCCCN1C(=O)OC(C)(C)C. The molecular formula is C20H32N4O3. The number of guanidine groups is 1. The highest BCUT2D eigenvalue weighted by Crippen LogP contribution is 2.21. The van der Waals surface area contributed by atoms with Crippen molar-refractivity contribution in [3.05, 3.63) is 29.8 Å². The molecule has 1 heterocycles. The fourth-order valence-electron chi connectivity index (χ4n) is 3.06. The zero-order valence-corrected chi connectivity index (χ0v) is 16.8. The second-order valence-electron chi connectivity index (χ2n) is 7.76. The highest BCUT2D eigenvalue weighted by atomic mass is 16.6. The van der Waals surface area contributed by atoms with Crippen LogP contribution in [0, 0.1) is 0 Å². The second-order valence-corrected chi connectivity index (χ2v) is 7.76. The smallest absolute Gasteiger partial charge is 0.410 e. The number of benzene rings is 1. The van der Waals surface area contributed by atoms with Crippen molar-refractivity contribution in [3.8, 4) is 0 Å². The maximum atomic E-state index is 12.5. The summed E-state index contributed by atoms with van der Waals surface area (Å²) in [5.74, 6) is 0.327. The van der Waals surface area contributed by atoms with Gasteiger partial charge >= 0.3 is 6.09 Å². The average molecular weight is 377 g/mol. The van der Waals surface area contributed by atoms with Crippen molar-refractivity contribution in [1.29, 1.82) is 0 Å². The Balaban J connectivity index is 2.00. The van der Waals surface area contributed by atoms with Gasteiger partial charge in [-0.05, 0) is 46.1 Å². The number of para-hydroxylation sites is 1. The first-order valence-electron chi connectivity index (χ1n) is 9.43. The molecule has 1 amide bonds. The molecular weight excluding hydrogens is 344 g/mol. The molecule has 0 aromatic heterocycles. The monoisotopic (exact) mass is 376 g/mol. The van der Waals surface area contributed by atoms with Crippen molar-refractivity contribution in [2.24, 2.45) is 10.7 Å². The minimum absolute atomic E-state index is 0.00293. The van der Waals surface area contributed by atoms with Gasteiger partial charge < -0.3 is 25.4 Å². The number of likely N-dealkylation sites (tertiary alicyclic amines) is 1. The summed E-state index contributed by atoms with van der Waals surface area (Å²) in [5, 5.41) is 3.13. The number of aliphatic imine (C=N–C) groups is 1. The highest BCUT2D eigenvalue weighted by Gasteiger charge is 2.30. The van der Waals surface area contributed by atoms with E-state index in [0.717, 1.165) is 30.5 Å². The molecule has 1 aromatic carbocycles. The summed E-state index contributed by atoms with van der Waals surface area (Å²) in [6.45, 7) is 7.26. The zero-order chi connectivity index (χ0) is 19.9. The molecule has 1 fully saturated rings. The lowest BCUT2D eigenvalue weighted by Crippen LogP contribution is -2.47. The van der Waals surface area contributed by atoms with Gasteiger partial charge in [0.2, 0.25) is 0 Å². The summed E-state index contributed by atoms with van der Waals surface area (Å²) in [4.78, 5) is 18.7. The standard InChI is InChI=1S/C20H32N4O3/c1-20(2,3)27-19(25)24-12-8-7-10-16(24)13-22-18(21)23-17-11-6-5-9-15(17)14-26-4/h5-6,9,11,16H,7-8,10,12-14H2,1-4H3,(H3,21,22,23). The predicted molar refractivity (Wildman–Crippen MR) is 108 cm³/mol. The maximum Gasteiger partial charge on any atom is 0.410 e. The largest absolute Gasteiger partial charge is 0.444 e. The van der Waals surface area contributed by atoms with Crippen LogP contribution >= 0.6 is 0 Å². The fourth-order valence-corrected chi connectivity index (χ4v) is 3.06. The van der Waals surface area contributed by atoms with Gasteiger partial charge in [-0.15, -0.1) is 0 Å². The molecule has 1 unspecified atom stereocenters. The Labute approximate surface area is 161 Å². The molecule has 0 aliphatic carbocycles. The minimum atomic E-state index is -0.506. The maximum absolute atomic E-state index is 12.5. The van der Waals surface area contributed by atoms with Gasteiger partial charge in [0.1, 0.15) is 5.60 Å². The first-order chi connectivity index (χ1) is 12.8. The van der Waals surface area contributed by atoms with Crippen LogP contribution in [0.25, 0.3) is 0 Å². The van der Waals surface area contributed by atoms with Gasteiger partial charge in [0, 0.05) is 24.9 Å². The molecule has 3 N–H and O–H groups in total. The van der Waals surface area contributed by atoms with Crippen LogP contribution in [0.15, 0.2) is 29.3 Å². The Morgan fingerprint density at radius 1 is 1.33 bits per heavy atom. The number of methoxy groups -OCH3 is 1. The lowest BCUT2D eigenvalue weighted by molar-refractivity contribution is 0.0110. The van der Waals surface area contributed by atoms with Crippen LogP contribution in [0.4, 0.5) is 10.5 Å². The third kappa shape index (κ3) is 6.75. The van der Waals surface area contributed by atoms with Crippen LogP contribution in [0.5, 0.6) is 0 Å². The van der Waals surface area contributed by atoms with Crippen LogP contribution < -0.4 is 11.1 Å². The van der Waals surface area contributed by atoms with Crippen molar-refractivity contribution in [2.45, 2.75) is 58.3 Å². The summed E-state index contributed by atoms with van der Waals surface area (Å²) in [6.07, 6.45) is 2.68. The van der Waals surface area contributed by atoms with Gasteiger partial charge in [-0.2, -0.15) is 0 Å². The number of rotatable bonds is 5. The molecule has 7 heteroatoms. The molecule has 1 aliphatic heterocycles. The number of hydrogen-bond donors (Lipinski definition) is 2. The first kappa shape index (κ1) is 21.0. The van der Waals surface area contributed by atoms with Gasteiger partial charge in [-0.25, -0.2) is 4.79 Å². The Hall–Kier alpha value is -2.28. The third-order valence-electron chi connectivity index (χ3n) is 4.31. The number of nitrogens with one attached hydrogen (secondary N) is 1. The molecule has 27 heavy (non-hydrogen) atoms. The highest BCUT2D eigenvalue weighted by molar-refractivity contribution is 5.93. The van der Waals surface area contributed by atoms with Crippen LogP contribution in [0.1, 0.15) is 45.6 Å². The van der Waals surface area contributed by atoms with Crippen molar-refractivity contribution in [2.75, 3.05) is 25.5 Å². The molecule has 0 spiro atoms. The number of nitrogens with zero attached hydrogens (tertiary/aromatic N) is 2. The zero-order valence-electron chi connectivity index (χ0n) is 16.8. The van der Waals surface area contributed by atoms with Crippen molar-refractivity contribution >= 4 is 17.7 Å². The molecule has 7 nitrogen and oxygen atoms in total. The van der Waals surface area contributed by atoms with E-state index in [1.165, 1.54) is 0 Å². The Kier molecular flexibility index (Phi) is 7.47. The minimum Gasteiger partial charge on any atom is -0.444 e. The number of amides is 1. The average Bonchev–Trinajstić information content (AvgIpc) is 2.60. The van der Waals surface area contributed by atoms with E-state index in [2.05, 4.69) is 10.3 Å². The summed E-state index contributed by atoms with van der Waals surface area (Å²) < 4.78 is 10.7. The number of anilines is 1. The van der Waals surface area contributed by atoms with Crippen molar-refractivity contribution < 1.29 is 14.3 Å². The molecule has 1 atom stereocenters. The lowest BCUT2D eigenvalue weighted by atomic mass is 10.0. The Morgan fingerprint density at radius 3 is 2.78 bits per heavy atom. The van der Waals surface area contributed by atoms with Gasteiger partial charge in [0.05, 0.1) is 19.2 Å². The van der Waals surface area contributed by atoms with E-state index < -0.39 is 5.60 Å². The number of piperidine rings is 1. The van der Waals surface area contributed by atoms with Crippen LogP contribution in [-0.2, 0) is 16.1 Å². The first-order valence-corrected chi connectivity index (χ1v) is 9.43. The number of carbonyl (C=O) groups excluding carboxylic acids is 1. The van der Waals surface area contributed by atoms with Gasteiger partial charge in [0.15, 0.2) is 5.96 Å². The van der Waals surface area contributed by atoms with E-state index in [4.69, 9.17) is 15.2 Å². The van der Waals surface area contributed by atoms with E-state index >= 15 is 0 Å². The second kappa shape index (κ2) is 9.60. The van der Waals surface area contributed by atoms with Crippen LogP contribution in [0.3, 0.4) is 0 Å². The van der Waals surface area contributed by atoms with Gasteiger partial charge in [-0.3, -0.25) is 4.99 Å². The number of carbonyl (C=O) groups is 1. The molecule has 2 rings (SSSR count). The van der Waals surface area contributed by atoms with Crippen LogP contribution in [-0.4, -0.2) is 48.8 Å². The van der Waals surface area contributed by atoms with E-state index in [1.807, 2.05) is 45.0 Å². The Morgan fingerprint density at radius 2 is 2.07 bits per heavy atom. The molecule has 1 saturated heterocycles. The number of nitrogens with two attached hydrogens (primary N) is 1. The summed E-state index contributed by atoms with van der Waals surface area (Å²) >= 11 is 0. The van der Waals surface area contributed by atoms with Crippen LogP contribution in [0.2, 0.25) is 0 Å². The molecule has 1 aromatic rings. The van der Waals surface area contributed by atoms with E-state index in [9.17, 15) is 4.79 Å². The lowest BCUT2D eigenvalue weighted by Gasteiger charge is -2.36. The molecule has 1 aliphatic rings. The third-order valence-corrected chi connectivity index (χ3v) is 4.31.